The van der Waals surface area contributed by atoms with Gasteiger partial charge in [-0.1, -0.05) is 35.9 Å². The average Bonchev–Trinajstić information content (AvgIpc) is 2.84. The number of amides is 1. The van der Waals surface area contributed by atoms with Crippen molar-refractivity contribution >= 4 is 34.1 Å². The zero-order valence-corrected chi connectivity index (χ0v) is 11.7. The van der Waals surface area contributed by atoms with E-state index in [1.807, 2.05) is 43.3 Å². The molecule has 0 saturated carbocycles. The Bertz CT molecular complexity index is 792. The summed E-state index contributed by atoms with van der Waals surface area (Å²) >= 11 is 5.94. The zero-order valence-electron chi connectivity index (χ0n) is 10.9. The fourth-order valence-electron chi connectivity index (χ4n) is 2.12. The van der Waals surface area contributed by atoms with Crippen LogP contribution in [0.5, 0.6) is 0 Å². The van der Waals surface area contributed by atoms with Crippen molar-refractivity contribution in [3.63, 3.8) is 0 Å². The molecule has 2 N–H and O–H groups in total. The molecule has 2 aromatic carbocycles. The SMILES string of the molecule is Cc1ccccc1NC(=O)c1cc2ccc(Cl)cc2[nH]1. The highest BCUT2D eigenvalue weighted by Gasteiger charge is 2.10. The molecular formula is C16H13ClN2O. The lowest BCUT2D eigenvalue weighted by Crippen LogP contribution is -2.12. The largest absolute Gasteiger partial charge is 0.350 e. The van der Waals surface area contributed by atoms with Crippen LogP contribution in [-0.4, -0.2) is 10.9 Å². The molecular weight excluding hydrogens is 272 g/mol. The van der Waals surface area contributed by atoms with Crippen molar-refractivity contribution in [3.05, 3.63) is 64.8 Å². The van der Waals surface area contributed by atoms with Crippen LogP contribution in [0.1, 0.15) is 16.1 Å². The maximum absolute atomic E-state index is 12.2. The van der Waals surface area contributed by atoms with E-state index in [2.05, 4.69) is 10.3 Å². The van der Waals surface area contributed by atoms with Gasteiger partial charge in [0.05, 0.1) is 0 Å². The molecule has 0 unspecified atom stereocenters. The molecule has 1 heterocycles. The lowest BCUT2D eigenvalue weighted by molar-refractivity contribution is 0.102. The van der Waals surface area contributed by atoms with E-state index >= 15 is 0 Å². The van der Waals surface area contributed by atoms with Crippen LogP contribution >= 0.6 is 11.6 Å². The minimum atomic E-state index is -0.161. The fraction of sp³-hybridized carbons (Fsp3) is 0.0625. The van der Waals surface area contributed by atoms with Gasteiger partial charge < -0.3 is 10.3 Å². The molecule has 3 nitrogen and oxygen atoms in total. The Balaban J connectivity index is 1.91. The first kappa shape index (κ1) is 12.8. The number of carbonyl (C=O) groups is 1. The molecule has 0 radical (unpaired) electrons. The number of aryl methyl sites for hydroxylation is 1. The van der Waals surface area contributed by atoms with E-state index in [1.165, 1.54) is 0 Å². The summed E-state index contributed by atoms with van der Waals surface area (Å²) in [6.07, 6.45) is 0. The number of halogens is 1. The maximum Gasteiger partial charge on any atom is 0.272 e. The van der Waals surface area contributed by atoms with E-state index in [4.69, 9.17) is 11.6 Å². The maximum atomic E-state index is 12.2. The number of aromatic nitrogens is 1. The number of aromatic amines is 1. The third-order valence-corrected chi connectivity index (χ3v) is 3.46. The van der Waals surface area contributed by atoms with Gasteiger partial charge in [0.15, 0.2) is 0 Å². The molecule has 0 bridgehead atoms. The molecule has 0 spiro atoms. The van der Waals surface area contributed by atoms with Crippen LogP contribution in [0.4, 0.5) is 5.69 Å². The Hall–Kier alpha value is -2.26. The first-order chi connectivity index (χ1) is 9.63. The second kappa shape index (κ2) is 5.02. The molecule has 3 aromatic rings. The van der Waals surface area contributed by atoms with Crippen molar-refractivity contribution in [2.75, 3.05) is 5.32 Å². The highest BCUT2D eigenvalue weighted by atomic mass is 35.5. The molecule has 100 valence electrons. The number of benzene rings is 2. The van der Waals surface area contributed by atoms with Crippen molar-refractivity contribution in [1.82, 2.24) is 4.98 Å². The molecule has 0 fully saturated rings. The van der Waals surface area contributed by atoms with E-state index in [9.17, 15) is 4.79 Å². The van der Waals surface area contributed by atoms with E-state index in [0.29, 0.717) is 10.7 Å². The monoisotopic (exact) mass is 284 g/mol. The number of nitrogens with one attached hydrogen (secondary N) is 2. The van der Waals surface area contributed by atoms with Gasteiger partial charge in [0.1, 0.15) is 5.69 Å². The first-order valence-electron chi connectivity index (χ1n) is 6.29. The van der Waals surface area contributed by atoms with Crippen LogP contribution in [0, 0.1) is 6.92 Å². The molecule has 0 saturated heterocycles. The second-order valence-electron chi connectivity index (χ2n) is 4.68. The van der Waals surface area contributed by atoms with Gasteiger partial charge >= 0.3 is 0 Å². The minimum Gasteiger partial charge on any atom is -0.350 e. The lowest BCUT2D eigenvalue weighted by atomic mass is 10.2. The highest BCUT2D eigenvalue weighted by molar-refractivity contribution is 6.31. The van der Waals surface area contributed by atoms with Crippen LogP contribution in [-0.2, 0) is 0 Å². The van der Waals surface area contributed by atoms with Crippen molar-refractivity contribution in [2.24, 2.45) is 0 Å². The lowest BCUT2D eigenvalue weighted by Gasteiger charge is -2.06. The van der Waals surface area contributed by atoms with Crippen LogP contribution in [0.2, 0.25) is 5.02 Å². The number of H-pyrrole nitrogens is 1. The summed E-state index contributed by atoms with van der Waals surface area (Å²) in [4.78, 5) is 15.3. The summed E-state index contributed by atoms with van der Waals surface area (Å²) in [6, 6.07) is 15.0. The summed E-state index contributed by atoms with van der Waals surface area (Å²) in [5.74, 6) is -0.161. The van der Waals surface area contributed by atoms with Crippen molar-refractivity contribution in [3.8, 4) is 0 Å². The van der Waals surface area contributed by atoms with E-state index < -0.39 is 0 Å². The first-order valence-corrected chi connectivity index (χ1v) is 6.66. The topological polar surface area (TPSA) is 44.9 Å². The molecule has 1 aromatic heterocycles. The Morgan fingerprint density at radius 1 is 1.15 bits per heavy atom. The molecule has 0 atom stereocenters. The van der Waals surface area contributed by atoms with Crippen molar-refractivity contribution in [1.29, 1.82) is 0 Å². The quantitative estimate of drug-likeness (QED) is 0.720. The fourth-order valence-corrected chi connectivity index (χ4v) is 2.30. The number of hydrogen-bond donors (Lipinski definition) is 2. The molecule has 4 heteroatoms. The second-order valence-corrected chi connectivity index (χ2v) is 5.12. The van der Waals surface area contributed by atoms with Gasteiger partial charge in [-0.3, -0.25) is 4.79 Å². The number of anilines is 1. The molecule has 3 rings (SSSR count). The zero-order chi connectivity index (χ0) is 14.1. The summed E-state index contributed by atoms with van der Waals surface area (Å²) in [6.45, 7) is 1.96. The number of hydrogen-bond acceptors (Lipinski definition) is 1. The third-order valence-electron chi connectivity index (χ3n) is 3.22. The van der Waals surface area contributed by atoms with E-state index in [0.717, 1.165) is 22.2 Å². The minimum absolute atomic E-state index is 0.161. The Labute approximate surface area is 121 Å². The summed E-state index contributed by atoms with van der Waals surface area (Å²) < 4.78 is 0. The van der Waals surface area contributed by atoms with Crippen LogP contribution < -0.4 is 5.32 Å². The third kappa shape index (κ3) is 2.40. The van der Waals surface area contributed by atoms with Gasteiger partial charge in [0.2, 0.25) is 0 Å². The van der Waals surface area contributed by atoms with Gasteiger partial charge in [-0.2, -0.15) is 0 Å². The molecule has 0 aliphatic heterocycles. The number of carbonyl (C=O) groups excluding carboxylic acids is 1. The van der Waals surface area contributed by atoms with Gasteiger partial charge in [-0.15, -0.1) is 0 Å². The number of rotatable bonds is 2. The van der Waals surface area contributed by atoms with E-state index in [1.54, 1.807) is 12.1 Å². The van der Waals surface area contributed by atoms with Crippen LogP contribution in [0.3, 0.4) is 0 Å². The number of fused-ring (bicyclic) bond motifs is 1. The Morgan fingerprint density at radius 2 is 1.95 bits per heavy atom. The summed E-state index contributed by atoms with van der Waals surface area (Å²) in [5, 5.41) is 4.50. The number of para-hydroxylation sites is 1. The predicted molar refractivity (Wildman–Crippen MR) is 82.4 cm³/mol. The molecule has 0 aliphatic carbocycles. The predicted octanol–water partition coefficient (Wildman–Crippen LogP) is 4.38. The van der Waals surface area contributed by atoms with Gasteiger partial charge in [-0.05, 0) is 36.8 Å². The van der Waals surface area contributed by atoms with Gasteiger partial charge in [-0.25, -0.2) is 0 Å². The molecule has 0 aliphatic rings. The van der Waals surface area contributed by atoms with Gasteiger partial charge in [0, 0.05) is 21.6 Å². The summed E-state index contributed by atoms with van der Waals surface area (Å²) in [7, 11) is 0. The highest BCUT2D eigenvalue weighted by Crippen LogP contribution is 2.21. The normalized spacial score (nSPS) is 10.7. The Morgan fingerprint density at radius 3 is 2.75 bits per heavy atom. The molecule has 1 amide bonds. The summed E-state index contributed by atoms with van der Waals surface area (Å²) in [5.41, 5.74) is 3.21. The van der Waals surface area contributed by atoms with Crippen molar-refractivity contribution in [2.45, 2.75) is 6.92 Å². The van der Waals surface area contributed by atoms with Gasteiger partial charge in [0.25, 0.3) is 5.91 Å². The molecule has 20 heavy (non-hydrogen) atoms. The van der Waals surface area contributed by atoms with Crippen LogP contribution in [0.25, 0.3) is 10.9 Å². The average molecular weight is 285 g/mol. The standard InChI is InChI=1S/C16H13ClN2O/c1-10-4-2-3-5-13(10)19-16(20)15-8-11-6-7-12(17)9-14(11)18-15/h2-9,18H,1H3,(H,19,20). The smallest absolute Gasteiger partial charge is 0.272 e. The van der Waals surface area contributed by atoms with E-state index in [-0.39, 0.29) is 5.91 Å². The Kier molecular flexibility index (Phi) is 3.20. The van der Waals surface area contributed by atoms with Crippen molar-refractivity contribution < 1.29 is 4.79 Å². The van der Waals surface area contributed by atoms with Crippen LogP contribution in [0.15, 0.2) is 48.5 Å².